The molecule has 0 aliphatic carbocycles. The smallest absolute Gasteiger partial charge is 0.344 e. The molecular formula is C7H16NO5P. The van der Waals surface area contributed by atoms with E-state index in [0.717, 1.165) is 6.42 Å². The van der Waals surface area contributed by atoms with Gasteiger partial charge in [0.05, 0.1) is 0 Å². The second-order valence-corrected chi connectivity index (χ2v) is 4.19. The lowest BCUT2D eigenvalue weighted by molar-refractivity contribution is -0.137. The number of nitrogens with zero attached hydrogens (tertiary/aromatic N) is 1. The SMILES string of the molecule is CCCN(C)C(=O)C(C)OP(=O)(O)O. The Hall–Kier alpha value is -0.420. The van der Waals surface area contributed by atoms with Gasteiger partial charge in [0, 0.05) is 13.6 Å². The minimum atomic E-state index is -4.58. The molecule has 2 N–H and O–H groups in total. The van der Waals surface area contributed by atoms with Crippen molar-refractivity contribution in [1.82, 2.24) is 4.90 Å². The Bertz CT molecular complexity index is 238. The lowest BCUT2D eigenvalue weighted by Crippen LogP contribution is -2.36. The van der Waals surface area contributed by atoms with Crippen LogP contribution >= 0.6 is 7.82 Å². The molecule has 0 bridgehead atoms. The standard InChI is InChI=1S/C7H16NO5P/c1-4-5-8(3)7(9)6(2)13-14(10,11)12/h6H,4-5H2,1-3H3,(H2,10,11,12). The third-order valence-corrected chi connectivity index (χ3v) is 2.17. The molecule has 7 heteroatoms. The van der Waals surface area contributed by atoms with Crippen molar-refractivity contribution in [2.45, 2.75) is 26.4 Å². The van der Waals surface area contributed by atoms with E-state index >= 15 is 0 Å². The zero-order valence-electron chi connectivity index (χ0n) is 8.51. The van der Waals surface area contributed by atoms with Crippen molar-refractivity contribution in [2.24, 2.45) is 0 Å². The Kier molecular flexibility index (Phi) is 5.29. The maximum atomic E-state index is 11.4. The van der Waals surface area contributed by atoms with E-state index in [2.05, 4.69) is 4.52 Å². The van der Waals surface area contributed by atoms with Crippen molar-refractivity contribution >= 4 is 13.7 Å². The summed E-state index contributed by atoms with van der Waals surface area (Å²) in [5.74, 6) is -0.435. The molecule has 6 nitrogen and oxygen atoms in total. The molecule has 0 aliphatic heterocycles. The molecule has 0 saturated heterocycles. The molecule has 0 aliphatic rings. The van der Waals surface area contributed by atoms with Crippen LogP contribution in [0.2, 0.25) is 0 Å². The summed E-state index contributed by atoms with van der Waals surface area (Å²) in [5, 5.41) is 0. The van der Waals surface area contributed by atoms with E-state index in [1.807, 2.05) is 6.92 Å². The van der Waals surface area contributed by atoms with Crippen molar-refractivity contribution < 1.29 is 23.7 Å². The molecule has 0 heterocycles. The maximum Gasteiger partial charge on any atom is 0.470 e. The highest BCUT2D eigenvalue weighted by molar-refractivity contribution is 7.46. The monoisotopic (exact) mass is 225 g/mol. The Balaban J connectivity index is 4.19. The number of likely N-dealkylation sites (N-methyl/N-ethyl adjacent to an activating group) is 1. The molecule has 0 rings (SSSR count). The highest BCUT2D eigenvalue weighted by Gasteiger charge is 2.25. The predicted molar refractivity (Wildman–Crippen MR) is 50.5 cm³/mol. The minimum absolute atomic E-state index is 0.435. The zero-order valence-corrected chi connectivity index (χ0v) is 9.40. The topological polar surface area (TPSA) is 87.1 Å². The van der Waals surface area contributed by atoms with Gasteiger partial charge in [0.15, 0.2) is 0 Å². The van der Waals surface area contributed by atoms with Gasteiger partial charge < -0.3 is 14.7 Å². The molecule has 0 aromatic rings. The Morgan fingerprint density at radius 1 is 1.57 bits per heavy atom. The zero-order chi connectivity index (χ0) is 11.4. The van der Waals surface area contributed by atoms with Crippen molar-refractivity contribution in [3.05, 3.63) is 0 Å². The van der Waals surface area contributed by atoms with Crippen LogP contribution in [0.15, 0.2) is 0 Å². The molecule has 84 valence electrons. The second kappa shape index (κ2) is 5.46. The minimum Gasteiger partial charge on any atom is -0.344 e. The van der Waals surface area contributed by atoms with Gasteiger partial charge in [0.25, 0.3) is 5.91 Å². The number of carbonyl (C=O) groups is 1. The molecule has 0 fully saturated rings. The Morgan fingerprint density at radius 3 is 2.43 bits per heavy atom. The molecule has 0 aromatic carbocycles. The number of carbonyl (C=O) groups excluding carboxylic acids is 1. The maximum absolute atomic E-state index is 11.4. The fourth-order valence-corrected chi connectivity index (χ4v) is 1.51. The van der Waals surface area contributed by atoms with Gasteiger partial charge in [-0.3, -0.25) is 9.32 Å². The number of hydrogen-bond acceptors (Lipinski definition) is 3. The summed E-state index contributed by atoms with van der Waals surface area (Å²) in [4.78, 5) is 29.7. The summed E-state index contributed by atoms with van der Waals surface area (Å²) in [7, 11) is -3.02. The molecule has 0 saturated carbocycles. The van der Waals surface area contributed by atoms with Crippen LogP contribution in [0.25, 0.3) is 0 Å². The Labute approximate surface area is 83.1 Å². The van der Waals surface area contributed by atoms with Gasteiger partial charge in [0.2, 0.25) is 0 Å². The van der Waals surface area contributed by atoms with E-state index < -0.39 is 19.8 Å². The van der Waals surface area contributed by atoms with Crippen molar-refractivity contribution in [1.29, 1.82) is 0 Å². The van der Waals surface area contributed by atoms with Gasteiger partial charge in [-0.25, -0.2) is 4.57 Å². The van der Waals surface area contributed by atoms with Crippen LogP contribution in [0.1, 0.15) is 20.3 Å². The van der Waals surface area contributed by atoms with Crippen LogP contribution < -0.4 is 0 Å². The van der Waals surface area contributed by atoms with Gasteiger partial charge >= 0.3 is 7.82 Å². The van der Waals surface area contributed by atoms with Crippen molar-refractivity contribution in [3.63, 3.8) is 0 Å². The van der Waals surface area contributed by atoms with E-state index in [0.29, 0.717) is 6.54 Å². The van der Waals surface area contributed by atoms with Crippen LogP contribution in [0, 0.1) is 0 Å². The predicted octanol–water partition coefficient (Wildman–Crippen LogP) is 0.353. The number of phosphoric ester groups is 1. The van der Waals surface area contributed by atoms with Crippen molar-refractivity contribution in [2.75, 3.05) is 13.6 Å². The van der Waals surface area contributed by atoms with Gasteiger partial charge in [0.1, 0.15) is 6.10 Å². The largest absolute Gasteiger partial charge is 0.470 e. The average molecular weight is 225 g/mol. The van der Waals surface area contributed by atoms with Gasteiger partial charge in [-0.05, 0) is 13.3 Å². The van der Waals surface area contributed by atoms with E-state index in [4.69, 9.17) is 9.79 Å². The number of amides is 1. The third kappa shape index (κ3) is 5.34. The van der Waals surface area contributed by atoms with Gasteiger partial charge in [-0.1, -0.05) is 6.92 Å². The van der Waals surface area contributed by atoms with Crippen LogP contribution in [0.5, 0.6) is 0 Å². The molecule has 1 unspecified atom stereocenters. The Morgan fingerprint density at radius 2 is 2.07 bits per heavy atom. The van der Waals surface area contributed by atoms with Gasteiger partial charge in [-0.2, -0.15) is 0 Å². The summed E-state index contributed by atoms with van der Waals surface area (Å²) in [6.07, 6.45) is -0.336. The van der Waals surface area contributed by atoms with E-state index in [-0.39, 0.29) is 0 Å². The van der Waals surface area contributed by atoms with Crippen LogP contribution in [-0.4, -0.2) is 40.3 Å². The summed E-state index contributed by atoms with van der Waals surface area (Å²) in [5.41, 5.74) is 0. The highest BCUT2D eigenvalue weighted by atomic mass is 31.2. The lowest BCUT2D eigenvalue weighted by atomic mass is 10.3. The summed E-state index contributed by atoms with van der Waals surface area (Å²) in [6, 6.07) is 0. The summed E-state index contributed by atoms with van der Waals surface area (Å²) >= 11 is 0. The first-order valence-corrected chi connectivity index (χ1v) is 5.80. The molecule has 14 heavy (non-hydrogen) atoms. The van der Waals surface area contributed by atoms with E-state index in [1.165, 1.54) is 11.8 Å². The highest BCUT2D eigenvalue weighted by Crippen LogP contribution is 2.37. The van der Waals surface area contributed by atoms with Crippen LogP contribution in [-0.2, 0) is 13.9 Å². The normalized spacial score (nSPS) is 13.8. The van der Waals surface area contributed by atoms with Crippen molar-refractivity contribution in [3.8, 4) is 0 Å². The number of phosphoric acid groups is 1. The summed E-state index contributed by atoms with van der Waals surface area (Å²) < 4.78 is 14.7. The molecule has 0 spiro atoms. The first-order valence-electron chi connectivity index (χ1n) is 4.27. The molecular weight excluding hydrogens is 209 g/mol. The number of hydrogen-bond donors (Lipinski definition) is 2. The van der Waals surface area contributed by atoms with Gasteiger partial charge in [-0.15, -0.1) is 0 Å². The van der Waals surface area contributed by atoms with Crippen LogP contribution in [0.3, 0.4) is 0 Å². The first-order chi connectivity index (χ1) is 6.28. The molecule has 0 aromatic heterocycles. The quantitative estimate of drug-likeness (QED) is 0.659. The van der Waals surface area contributed by atoms with E-state index in [1.54, 1.807) is 7.05 Å². The van der Waals surface area contributed by atoms with Crippen LogP contribution in [0.4, 0.5) is 0 Å². The second-order valence-electron chi connectivity index (χ2n) is 3.00. The fraction of sp³-hybridized carbons (Fsp3) is 0.857. The van der Waals surface area contributed by atoms with E-state index in [9.17, 15) is 9.36 Å². The lowest BCUT2D eigenvalue weighted by Gasteiger charge is -2.20. The summed E-state index contributed by atoms with van der Waals surface area (Å²) in [6.45, 7) is 3.75. The average Bonchev–Trinajstić information content (AvgIpc) is 2.00. The fourth-order valence-electron chi connectivity index (χ4n) is 1.01. The first kappa shape index (κ1) is 13.6. The molecule has 0 radical (unpaired) electrons. The molecule has 1 amide bonds. The number of rotatable bonds is 5. The molecule has 1 atom stereocenters. The third-order valence-electron chi connectivity index (χ3n) is 1.58.